The third-order valence-corrected chi connectivity index (χ3v) is 3.72. The molecule has 0 aliphatic heterocycles. The first-order chi connectivity index (χ1) is 8.06. The predicted octanol–water partition coefficient (Wildman–Crippen LogP) is 3.77. The minimum Gasteiger partial charge on any atom is -0.321 e. The molecule has 2 aromatic rings. The molecule has 0 radical (unpaired) electrons. The fourth-order valence-corrected chi connectivity index (χ4v) is 2.93. The van der Waals surface area contributed by atoms with Crippen LogP contribution in [0.4, 0.5) is 5.69 Å². The summed E-state index contributed by atoms with van der Waals surface area (Å²) in [6.45, 7) is 3.89. The van der Waals surface area contributed by atoms with E-state index in [4.69, 9.17) is 0 Å². The molecule has 1 N–H and O–H groups in total. The SMILES string of the molecule is Cc1ccc(NC(=O)c2nc(Br)sc2C)cc1. The summed E-state index contributed by atoms with van der Waals surface area (Å²) in [5.74, 6) is -0.173. The van der Waals surface area contributed by atoms with Crippen LogP contribution in [0.3, 0.4) is 0 Å². The second kappa shape index (κ2) is 4.98. The second-order valence-electron chi connectivity index (χ2n) is 3.69. The molecule has 0 unspecified atom stereocenters. The summed E-state index contributed by atoms with van der Waals surface area (Å²) >= 11 is 4.73. The first-order valence-electron chi connectivity index (χ1n) is 5.07. The molecule has 1 aromatic carbocycles. The van der Waals surface area contributed by atoms with Crippen LogP contribution in [0.15, 0.2) is 28.2 Å². The lowest BCUT2D eigenvalue weighted by Crippen LogP contribution is -2.13. The maximum Gasteiger partial charge on any atom is 0.275 e. The molecule has 5 heteroatoms. The van der Waals surface area contributed by atoms with Crippen LogP contribution < -0.4 is 5.32 Å². The van der Waals surface area contributed by atoms with E-state index in [1.54, 1.807) is 0 Å². The number of thiazole rings is 1. The molecule has 0 aliphatic rings. The van der Waals surface area contributed by atoms with Crippen molar-refractivity contribution in [2.24, 2.45) is 0 Å². The number of carbonyl (C=O) groups is 1. The van der Waals surface area contributed by atoms with E-state index < -0.39 is 0 Å². The van der Waals surface area contributed by atoms with Crippen molar-refractivity contribution in [3.63, 3.8) is 0 Å². The lowest BCUT2D eigenvalue weighted by atomic mass is 10.2. The molecule has 0 atom stereocenters. The molecule has 0 saturated carbocycles. The van der Waals surface area contributed by atoms with Crippen molar-refractivity contribution >= 4 is 38.9 Å². The Bertz CT molecular complexity index is 548. The number of aryl methyl sites for hydroxylation is 2. The summed E-state index contributed by atoms with van der Waals surface area (Å²) in [5.41, 5.74) is 2.42. The van der Waals surface area contributed by atoms with Gasteiger partial charge in [0.15, 0.2) is 3.92 Å². The number of rotatable bonds is 2. The summed E-state index contributed by atoms with van der Waals surface area (Å²) in [4.78, 5) is 17.0. The molecule has 0 saturated heterocycles. The number of nitrogens with one attached hydrogen (secondary N) is 1. The molecule has 17 heavy (non-hydrogen) atoms. The van der Waals surface area contributed by atoms with E-state index >= 15 is 0 Å². The normalized spacial score (nSPS) is 10.3. The number of anilines is 1. The number of hydrogen-bond donors (Lipinski definition) is 1. The number of halogens is 1. The Hall–Kier alpha value is -1.20. The van der Waals surface area contributed by atoms with Crippen molar-refractivity contribution in [3.05, 3.63) is 44.3 Å². The van der Waals surface area contributed by atoms with Gasteiger partial charge in [-0.3, -0.25) is 4.79 Å². The van der Waals surface area contributed by atoms with Crippen LogP contribution in [0, 0.1) is 13.8 Å². The van der Waals surface area contributed by atoms with Gasteiger partial charge in [-0.25, -0.2) is 4.98 Å². The highest BCUT2D eigenvalue weighted by Gasteiger charge is 2.14. The lowest BCUT2D eigenvalue weighted by Gasteiger charge is -2.03. The van der Waals surface area contributed by atoms with Crippen LogP contribution >= 0.6 is 27.3 Å². The van der Waals surface area contributed by atoms with Gasteiger partial charge < -0.3 is 5.32 Å². The maximum atomic E-state index is 11.9. The van der Waals surface area contributed by atoms with Crippen LogP contribution in [0.1, 0.15) is 20.9 Å². The zero-order valence-electron chi connectivity index (χ0n) is 9.45. The van der Waals surface area contributed by atoms with Gasteiger partial charge in [0.25, 0.3) is 5.91 Å². The number of aromatic nitrogens is 1. The van der Waals surface area contributed by atoms with E-state index in [-0.39, 0.29) is 5.91 Å². The molecule has 0 fully saturated rings. The number of benzene rings is 1. The molecular formula is C12H11BrN2OS. The Balaban J connectivity index is 2.17. The number of nitrogens with zero attached hydrogens (tertiary/aromatic N) is 1. The Kier molecular flexibility index (Phi) is 3.59. The third-order valence-electron chi connectivity index (χ3n) is 2.30. The molecule has 0 spiro atoms. The fraction of sp³-hybridized carbons (Fsp3) is 0.167. The first-order valence-corrected chi connectivity index (χ1v) is 6.68. The standard InChI is InChI=1S/C12H11BrN2OS/c1-7-3-5-9(6-4-7)14-11(16)10-8(2)17-12(13)15-10/h3-6H,1-2H3,(H,14,16). The lowest BCUT2D eigenvalue weighted by molar-refractivity contribution is 0.102. The molecular weight excluding hydrogens is 300 g/mol. The Labute approximate surface area is 112 Å². The average Bonchev–Trinajstić information content (AvgIpc) is 2.61. The molecule has 3 nitrogen and oxygen atoms in total. The van der Waals surface area contributed by atoms with Gasteiger partial charge in [-0.05, 0) is 41.9 Å². The van der Waals surface area contributed by atoms with Crippen LogP contribution in [-0.4, -0.2) is 10.9 Å². The smallest absolute Gasteiger partial charge is 0.275 e. The van der Waals surface area contributed by atoms with Gasteiger partial charge in [-0.15, -0.1) is 11.3 Å². The second-order valence-corrected chi connectivity index (χ2v) is 6.17. The highest BCUT2D eigenvalue weighted by molar-refractivity contribution is 9.11. The quantitative estimate of drug-likeness (QED) is 0.917. The van der Waals surface area contributed by atoms with Gasteiger partial charge >= 0.3 is 0 Å². The van der Waals surface area contributed by atoms with Crippen LogP contribution in [0.2, 0.25) is 0 Å². The van der Waals surface area contributed by atoms with E-state index in [1.807, 2.05) is 38.1 Å². The Morgan fingerprint density at radius 2 is 1.94 bits per heavy atom. The summed E-state index contributed by atoms with van der Waals surface area (Å²) in [5, 5.41) is 2.82. The first kappa shape index (κ1) is 12.3. The minimum atomic E-state index is -0.173. The zero-order chi connectivity index (χ0) is 12.4. The molecule has 88 valence electrons. The van der Waals surface area contributed by atoms with Crippen molar-refractivity contribution in [1.82, 2.24) is 4.98 Å². The summed E-state index contributed by atoms with van der Waals surface area (Å²) in [7, 11) is 0. The number of amides is 1. The molecule has 0 bridgehead atoms. The molecule has 1 amide bonds. The Morgan fingerprint density at radius 1 is 1.29 bits per heavy atom. The van der Waals surface area contributed by atoms with Crippen LogP contribution in [-0.2, 0) is 0 Å². The van der Waals surface area contributed by atoms with Crippen LogP contribution in [0.5, 0.6) is 0 Å². The van der Waals surface area contributed by atoms with Gasteiger partial charge in [0.05, 0.1) is 0 Å². The largest absolute Gasteiger partial charge is 0.321 e. The van der Waals surface area contributed by atoms with Gasteiger partial charge in [-0.2, -0.15) is 0 Å². The Morgan fingerprint density at radius 3 is 2.47 bits per heavy atom. The average molecular weight is 311 g/mol. The predicted molar refractivity (Wildman–Crippen MR) is 73.7 cm³/mol. The van der Waals surface area contributed by atoms with E-state index in [0.717, 1.165) is 20.0 Å². The molecule has 1 heterocycles. The van der Waals surface area contributed by atoms with Gasteiger partial charge in [-0.1, -0.05) is 17.7 Å². The molecule has 1 aromatic heterocycles. The van der Waals surface area contributed by atoms with Gasteiger partial charge in [0, 0.05) is 10.6 Å². The van der Waals surface area contributed by atoms with Crippen molar-refractivity contribution in [1.29, 1.82) is 0 Å². The number of hydrogen-bond acceptors (Lipinski definition) is 3. The van der Waals surface area contributed by atoms with E-state index in [9.17, 15) is 4.79 Å². The highest BCUT2D eigenvalue weighted by Crippen LogP contribution is 2.23. The minimum absolute atomic E-state index is 0.173. The van der Waals surface area contributed by atoms with E-state index in [2.05, 4.69) is 26.2 Å². The van der Waals surface area contributed by atoms with Crippen molar-refractivity contribution in [3.8, 4) is 0 Å². The monoisotopic (exact) mass is 310 g/mol. The summed E-state index contributed by atoms with van der Waals surface area (Å²) < 4.78 is 0.726. The summed E-state index contributed by atoms with van der Waals surface area (Å²) in [6.07, 6.45) is 0. The van der Waals surface area contributed by atoms with Crippen molar-refractivity contribution in [2.45, 2.75) is 13.8 Å². The summed E-state index contributed by atoms with van der Waals surface area (Å²) in [6, 6.07) is 7.67. The maximum absolute atomic E-state index is 11.9. The molecule has 2 rings (SSSR count). The van der Waals surface area contributed by atoms with Gasteiger partial charge in [0.2, 0.25) is 0 Å². The molecule has 0 aliphatic carbocycles. The zero-order valence-corrected chi connectivity index (χ0v) is 11.9. The van der Waals surface area contributed by atoms with Crippen molar-refractivity contribution in [2.75, 3.05) is 5.32 Å². The van der Waals surface area contributed by atoms with E-state index in [1.165, 1.54) is 11.3 Å². The highest BCUT2D eigenvalue weighted by atomic mass is 79.9. The van der Waals surface area contributed by atoms with Crippen LogP contribution in [0.25, 0.3) is 0 Å². The van der Waals surface area contributed by atoms with E-state index in [0.29, 0.717) is 5.69 Å². The van der Waals surface area contributed by atoms with Crippen molar-refractivity contribution < 1.29 is 4.79 Å². The third kappa shape index (κ3) is 2.92. The topological polar surface area (TPSA) is 42.0 Å². The fourth-order valence-electron chi connectivity index (χ4n) is 1.40. The number of carbonyl (C=O) groups excluding carboxylic acids is 1. The van der Waals surface area contributed by atoms with Gasteiger partial charge in [0.1, 0.15) is 5.69 Å².